The van der Waals surface area contributed by atoms with Crippen LogP contribution in [0.15, 0.2) is 53.0 Å². The summed E-state index contributed by atoms with van der Waals surface area (Å²) in [5.41, 5.74) is 4.82. The number of benzene rings is 2. The van der Waals surface area contributed by atoms with Gasteiger partial charge in [0.25, 0.3) is 0 Å². The summed E-state index contributed by atoms with van der Waals surface area (Å²) in [6.07, 6.45) is 0.762. The van der Waals surface area contributed by atoms with E-state index in [-0.39, 0.29) is 16.8 Å². The van der Waals surface area contributed by atoms with Crippen LogP contribution in [0, 0.1) is 6.92 Å². The number of amides is 1. The number of rotatable bonds is 5. The Morgan fingerprint density at radius 3 is 2.84 bits per heavy atom. The summed E-state index contributed by atoms with van der Waals surface area (Å²) in [4.78, 5) is 23.5. The number of hydrogen-bond donors (Lipinski definition) is 0. The number of anilines is 1. The highest BCUT2D eigenvalue weighted by atomic mass is 32.2. The maximum absolute atomic E-state index is 13.6. The molecule has 1 aliphatic heterocycles. The third-order valence-electron chi connectivity index (χ3n) is 5.27. The molecule has 0 saturated carbocycles. The molecule has 0 N–H and O–H groups in total. The molecule has 0 bridgehead atoms. The van der Waals surface area contributed by atoms with Crippen molar-refractivity contribution in [3.8, 4) is 11.3 Å². The van der Waals surface area contributed by atoms with Gasteiger partial charge in [0.1, 0.15) is 0 Å². The first-order valence-corrected chi connectivity index (χ1v) is 11.6. The smallest absolute Gasteiger partial charge is 0.311 e. The molecule has 31 heavy (non-hydrogen) atoms. The van der Waals surface area contributed by atoms with Gasteiger partial charge in [0.05, 0.1) is 27.5 Å². The van der Waals surface area contributed by atoms with Gasteiger partial charge in [-0.2, -0.15) is 8.78 Å². The van der Waals surface area contributed by atoms with E-state index in [9.17, 15) is 13.6 Å². The Balaban J connectivity index is 1.34. The lowest BCUT2D eigenvalue weighted by Gasteiger charge is -2.17. The van der Waals surface area contributed by atoms with Crippen molar-refractivity contribution in [3.05, 3.63) is 58.4 Å². The minimum Gasteiger partial charge on any atom is -0.311 e. The van der Waals surface area contributed by atoms with E-state index in [1.165, 1.54) is 0 Å². The zero-order valence-corrected chi connectivity index (χ0v) is 18.2. The van der Waals surface area contributed by atoms with Crippen LogP contribution in [0.5, 0.6) is 0 Å². The summed E-state index contributed by atoms with van der Waals surface area (Å²) in [7, 11) is 0. The summed E-state index contributed by atoms with van der Waals surface area (Å²) in [5.74, 6) is -0.0726. The van der Waals surface area contributed by atoms with Crippen molar-refractivity contribution in [2.75, 3.05) is 17.2 Å². The lowest BCUT2D eigenvalue weighted by molar-refractivity contribution is -0.116. The van der Waals surface area contributed by atoms with Gasteiger partial charge in [0.2, 0.25) is 5.91 Å². The molecule has 1 amide bonds. The standard InChI is InChI=1S/C22H18F2N4OS2/c1-13-25-17(11-30-13)14-6-7-18-15(10-14)8-9-27(18)20(29)12-31-22-26-16-4-2-3-5-19(16)28(22)21(23)24/h2-7,10-11,21H,8-9,12H2,1H3. The Hall–Kier alpha value is -2.78. The van der Waals surface area contributed by atoms with E-state index in [1.807, 2.05) is 24.4 Å². The van der Waals surface area contributed by atoms with Crippen molar-refractivity contribution in [3.63, 3.8) is 0 Å². The summed E-state index contributed by atoms with van der Waals surface area (Å²) in [6, 6.07) is 12.8. The number of thiazole rings is 1. The second-order valence-corrected chi connectivity index (χ2v) is 9.21. The Morgan fingerprint density at radius 2 is 2.06 bits per heavy atom. The van der Waals surface area contributed by atoms with E-state index in [0.717, 1.165) is 50.3 Å². The SMILES string of the molecule is Cc1nc(-c2ccc3c(c2)CCN3C(=O)CSc2nc3ccccc3n2C(F)F)cs1. The number of hydrogen-bond acceptors (Lipinski definition) is 5. The van der Waals surface area contributed by atoms with Gasteiger partial charge in [-0.05, 0) is 43.2 Å². The van der Waals surface area contributed by atoms with Crippen LogP contribution >= 0.6 is 23.1 Å². The zero-order chi connectivity index (χ0) is 21.5. The Morgan fingerprint density at radius 1 is 1.23 bits per heavy atom. The first-order chi connectivity index (χ1) is 15.0. The second-order valence-electron chi connectivity index (χ2n) is 7.21. The molecule has 5 rings (SSSR count). The topological polar surface area (TPSA) is 51.0 Å². The molecule has 0 saturated heterocycles. The van der Waals surface area contributed by atoms with Crippen molar-refractivity contribution >= 4 is 45.7 Å². The molecular formula is C22H18F2N4OS2. The molecule has 9 heteroatoms. The number of nitrogens with zero attached hydrogens (tertiary/aromatic N) is 4. The van der Waals surface area contributed by atoms with Gasteiger partial charge in [-0.3, -0.25) is 9.36 Å². The highest BCUT2D eigenvalue weighted by molar-refractivity contribution is 7.99. The average molecular weight is 457 g/mol. The van der Waals surface area contributed by atoms with Crippen molar-refractivity contribution < 1.29 is 13.6 Å². The maximum atomic E-state index is 13.6. The average Bonchev–Trinajstić information content (AvgIpc) is 3.47. The molecule has 0 aliphatic carbocycles. The Bertz CT molecular complexity index is 1280. The van der Waals surface area contributed by atoms with Crippen LogP contribution < -0.4 is 4.90 Å². The number of aromatic nitrogens is 3. The van der Waals surface area contributed by atoms with Crippen molar-refractivity contribution in [2.45, 2.75) is 25.1 Å². The molecule has 158 valence electrons. The summed E-state index contributed by atoms with van der Waals surface area (Å²) in [5, 5.41) is 3.19. The largest absolute Gasteiger partial charge is 0.321 e. The van der Waals surface area contributed by atoms with Gasteiger partial charge in [0.15, 0.2) is 5.16 Å². The van der Waals surface area contributed by atoms with E-state index >= 15 is 0 Å². The van der Waals surface area contributed by atoms with Crippen molar-refractivity contribution in [2.24, 2.45) is 0 Å². The summed E-state index contributed by atoms with van der Waals surface area (Å²) in [6.45, 7) is -0.160. The van der Waals surface area contributed by atoms with Crippen molar-refractivity contribution in [1.29, 1.82) is 0 Å². The predicted molar refractivity (Wildman–Crippen MR) is 120 cm³/mol. The third-order valence-corrected chi connectivity index (χ3v) is 6.99. The van der Waals surface area contributed by atoms with Crippen LogP contribution in [0.1, 0.15) is 17.1 Å². The first-order valence-electron chi connectivity index (χ1n) is 9.75. The normalized spacial score (nSPS) is 13.4. The molecule has 1 aliphatic rings. The highest BCUT2D eigenvalue weighted by Crippen LogP contribution is 2.34. The quantitative estimate of drug-likeness (QED) is 0.370. The lowest BCUT2D eigenvalue weighted by Crippen LogP contribution is -2.30. The molecular weight excluding hydrogens is 438 g/mol. The van der Waals surface area contributed by atoms with Gasteiger partial charge in [-0.1, -0.05) is 30.0 Å². The number of carbonyl (C=O) groups excluding carboxylic acids is 1. The van der Waals surface area contributed by atoms with E-state index in [0.29, 0.717) is 17.6 Å². The van der Waals surface area contributed by atoms with Gasteiger partial charge in [-0.15, -0.1) is 11.3 Å². The number of halogens is 2. The number of imidazole rings is 1. The minimum atomic E-state index is -2.72. The molecule has 0 fully saturated rings. The van der Waals surface area contributed by atoms with Crippen LogP contribution in [0.4, 0.5) is 14.5 Å². The van der Waals surface area contributed by atoms with Crippen LogP contribution in [-0.4, -0.2) is 32.7 Å². The lowest BCUT2D eigenvalue weighted by atomic mass is 10.1. The number of fused-ring (bicyclic) bond motifs is 2. The fourth-order valence-corrected chi connectivity index (χ4v) is 5.34. The Kier molecular flexibility index (Phi) is 5.23. The fourth-order valence-electron chi connectivity index (χ4n) is 3.83. The highest BCUT2D eigenvalue weighted by Gasteiger charge is 2.26. The molecule has 4 aromatic rings. The van der Waals surface area contributed by atoms with Gasteiger partial charge >= 0.3 is 6.55 Å². The fraction of sp³-hybridized carbons (Fsp3) is 0.227. The van der Waals surface area contributed by atoms with Crippen LogP contribution in [0.3, 0.4) is 0 Å². The van der Waals surface area contributed by atoms with E-state index in [1.54, 1.807) is 40.5 Å². The van der Waals surface area contributed by atoms with Gasteiger partial charge in [0, 0.05) is 23.2 Å². The molecule has 0 unspecified atom stereocenters. The predicted octanol–water partition coefficient (Wildman–Crippen LogP) is 5.54. The number of thioether (sulfide) groups is 1. The van der Waals surface area contributed by atoms with E-state index in [2.05, 4.69) is 16.0 Å². The third kappa shape index (κ3) is 3.72. The second kappa shape index (κ2) is 8.05. The minimum absolute atomic E-state index is 0.0442. The Labute approximate surface area is 185 Å². The number of para-hydroxylation sites is 2. The molecule has 0 radical (unpaired) electrons. The molecule has 2 aromatic carbocycles. The summed E-state index contributed by atoms with van der Waals surface area (Å²) < 4.78 is 28.1. The molecule has 2 aromatic heterocycles. The van der Waals surface area contributed by atoms with Crippen LogP contribution in [0.2, 0.25) is 0 Å². The maximum Gasteiger partial charge on any atom is 0.321 e. The number of alkyl halides is 2. The molecule has 0 spiro atoms. The monoisotopic (exact) mass is 456 g/mol. The molecule has 0 atom stereocenters. The van der Waals surface area contributed by atoms with E-state index < -0.39 is 6.55 Å². The number of aryl methyl sites for hydroxylation is 1. The van der Waals surface area contributed by atoms with Crippen molar-refractivity contribution in [1.82, 2.24) is 14.5 Å². The molecule has 5 nitrogen and oxygen atoms in total. The van der Waals surface area contributed by atoms with Crippen LogP contribution in [-0.2, 0) is 11.2 Å². The summed E-state index contributed by atoms with van der Waals surface area (Å²) >= 11 is 2.65. The van der Waals surface area contributed by atoms with Crippen LogP contribution in [0.25, 0.3) is 22.3 Å². The van der Waals surface area contributed by atoms with Gasteiger partial charge < -0.3 is 4.90 Å². The first kappa shape index (κ1) is 20.1. The molecule has 3 heterocycles. The number of carbonyl (C=O) groups is 1. The van der Waals surface area contributed by atoms with Gasteiger partial charge in [-0.25, -0.2) is 9.97 Å². The zero-order valence-electron chi connectivity index (χ0n) is 16.6. The van der Waals surface area contributed by atoms with E-state index in [4.69, 9.17) is 0 Å².